The van der Waals surface area contributed by atoms with Gasteiger partial charge in [-0.2, -0.15) is 0 Å². The maximum atomic E-state index is 12.0. The first-order valence-electron chi connectivity index (χ1n) is 7.15. The molecule has 0 spiro atoms. The molecular formula is C15H19N3O2. The fourth-order valence-electron chi connectivity index (χ4n) is 2.85. The third kappa shape index (κ3) is 2.61. The Hall–Kier alpha value is -2.04. The molecule has 0 saturated carbocycles. The number of urea groups is 1. The van der Waals surface area contributed by atoms with Crippen molar-refractivity contribution in [2.75, 3.05) is 24.5 Å². The quantitative estimate of drug-likeness (QED) is 0.889. The summed E-state index contributed by atoms with van der Waals surface area (Å²) in [6, 6.07) is 9.48. The van der Waals surface area contributed by atoms with E-state index in [1.807, 2.05) is 35.2 Å². The molecule has 0 aromatic heterocycles. The lowest BCUT2D eigenvalue weighted by atomic mass is 10.2. The lowest BCUT2D eigenvalue weighted by molar-refractivity contribution is -0.117. The Kier molecular flexibility index (Phi) is 3.58. The number of nitrogens with zero attached hydrogens (tertiary/aromatic N) is 2. The molecule has 1 atom stereocenters. The Balaban J connectivity index is 1.60. The van der Waals surface area contributed by atoms with Crippen LogP contribution in [0.4, 0.5) is 10.5 Å². The van der Waals surface area contributed by atoms with Gasteiger partial charge in [-0.25, -0.2) is 4.79 Å². The second-order valence-electron chi connectivity index (χ2n) is 5.38. The van der Waals surface area contributed by atoms with Gasteiger partial charge in [0.15, 0.2) is 0 Å². The molecule has 1 aromatic rings. The van der Waals surface area contributed by atoms with Gasteiger partial charge in [0.2, 0.25) is 5.91 Å². The van der Waals surface area contributed by atoms with Gasteiger partial charge in [0.25, 0.3) is 0 Å². The van der Waals surface area contributed by atoms with Gasteiger partial charge < -0.3 is 15.1 Å². The lowest BCUT2D eigenvalue weighted by Crippen LogP contribution is -2.44. The Morgan fingerprint density at radius 1 is 1.15 bits per heavy atom. The summed E-state index contributed by atoms with van der Waals surface area (Å²) >= 11 is 0. The van der Waals surface area contributed by atoms with E-state index < -0.39 is 0 Å². The molecule has 0 unspecified atom stereocenters. The van der Waals surface area contributed by atoms with E-state index in [4.69, 9.17) is 0 Å². The van der Waals surface area contributed by atoms with Gasteiger partial charge >= 0.3 is 6.03 Å². The minimum atomic E-state index is -0.0872. The van der Waals surface area contributed by atoms with Crippen LogP contribution in [0.5, 0.6) is 0 Å². The predicted molar refractivity (Wildman–Crippen MR) is 76.5 cm³/mol. The van der Waals surface area contributed by atoms with E-state index in [9.17, 15) is 9.59 Å². The molecule has 3 amide bonds. The van der Waals surface area contributed by atoms with Crippen molar-refractivity contribution in [1.29, 1.82) is 0 Å². The molecule has 0 bridgehead atoms. The van der Waals surface area contributed by atoms with Crippen LogP contribution >= 0.6 is 0 Å². The maximum Gasteiger partial charge on any atom is 0.317 e. The first-order valence-corrected chi connectivity index (χ1v) is 7.15. The van der Waals surface area contributed by atoms with E-state index in [2.05, 4.69) is 5.32 Å². The fourth-order valence-corrected chi connectivity index (χ4v) is 2.85. The number of para-hydroxylation sites is 1. The number of nitrogens with one attached hydrogen (secondary N) is 1. The number of benzene rings is 1. The highest BCUT2D eigenvalue weighted by atomic mass is 16.2. The molecule has 106 valence electrons. The van der Waals surface area contributed by atoms with Crippen molar-refractivity contribution in [3.8, 4) is 0 Å². The highest BCUT2D eigenvalue weighted by Gasteiger charge is 2.32. The first-order chi connectivity index (χ1) is 9.74. The molecule has 2 heterocycles. The van der Waals surface area contributed by atoms with Crippen molar-refractivity contribution < 1.29 is 9.59 Å². The number of likely N-dealkylation sites (tertiary alicyclic amines) is 1. The molecule has 20 heavy (non-hydrogen) atoms. The zero-order chi connectivity index (χ0) is 13.9. The van der Waals surface area contributed by atoms with Crippen molar-refractivity contribution in [3.05, 3.63) is 30.3 Å². The van der Waals surface area contributed by atoms with Crippen LogP contribution in [0.3, 0.4) is 0 Å². The number of hydrogen-bond donors (Lipinski definition) is 1. The predicted octanol–water partition coefficient (Wildman–Crippen LogP) is 1.60. The van der Waals surface area contributed by atoms with E-state index in [-0.39, 0.29) is 18.0 Å². The number of carbonyl (C=O) groups excluding carboxylic acids is 2. The molecule has 1 aromatic carbocycles. The third-order valence-corrected chi connectivity index (χ3v) is 3.91. The summed E-state index contributed by atoms with van der Waals surface area (Å²) < 4.78 is 0. The van der Waals surface area contributed by atoms with E-state index in [0.29, 0.717) is 13.0 Å². The van der Waals surface area contributed by atoms with Crippen LogP contribution in [-0.2, 0) is 4.79 Å². The second kappa shape index (κ2) is 5.53. The van der Waals surface area contributed by atoms with Crippen LogP contribution in [0.2, 0.25) is 0 Å². The average Bonchev–Trinajstić information content (AvgIpc) is 3.09. The highest BCUT2D eigenvalue weighted by molar-refractivity contribution is 5.96. The average molecular weight is 273 g/mol. The molecule has 2 fully saturated rings. The van der Waals surface area contributed by atoms with E-state index in [0.717, 1.165) is 31.6 Å². The lowest BCUT2D eigenvalue weighted by Gasteiger charge is -2.20. The van der Waals surface area contributed by atoms with Crippen molar-refractivity contribution in [2.24, 2.45) is 0 Å². The van der Waals surface area contributed by atoms with Crippen molar-refractivity contribution in [3.63, 3.8) is 0 Å². The van der Waals surface area contributed by atoms with E-state index in [1.165, 1.54) is 0 Å². The number of anilines is 1. The topological polar surface area (TPSA) is 52.7 Å². The summed E-state index contributed by atoms with van der Waals surface area (Å²) in [7, 11) is 0. The van der Waals surface area contributed by atoms with Gasteiger partial charge in [-0.1, -0.05) is 18.2 Å². The highest BCUT2D eigenvalue weighted by Crippen LogP contribution is 2.21. The fraction of sp³-hybridized carbons (Fsp3) is 0.467. The van der Waals surface area contributed by atoms with Crippen LogP contribution in [0.25, 0.3) is 0 Å². The zero-order valence-electron chi connectivity index (χ0n) is 11.4. The van der Waals surface area contributed by atoms with E-state index in [1.54, 1.807) is 4.90 Å². The summed E-state index contributed by atoms with van der Waals surface area (Å²) in [5, 5.41) is 2.98. The Bertz CT molecular complexity index is 497. The molecule has 5 heteroatoms. The molecule has 0 aliphatic carbocycles. The molecule has 0 radical (unpaired) electrons. The molecule has 1 N–H and O–H groups in total. The summed E-state index contributed by atoms with van der Waals surface area (Å²) in [5.41, 5.74) is 0.899. The van der Waals surface area contributed by atoms with Gasteiger partial charge in [-0.05, 0) is 25.0 Å². The summed E-state index contributed by atoms with van der Waals surface area (Å²) in [4.78, 5) is 27.7. The molecule has 3 rings (SSSR count). The monoisotopic (exact) mass is 273 g/mol. The first kappa shape index (κ1) is 13.0. The van der Waals surface area contributed by atoms with Crippen molar-refractivity contribution >= 4 is 17.6 Å². The van der Waals surface area contributed by atoms with Gasteiger partial charge in [-0.15, -0.1) is 0 Å². The number of carbonyl (C=O) groups is 2. The van der Waals surface area contributed by atoms with Crippen molar-refractivity contribution in [2.45, 2.75) is 25.3 Å². The summed E-state index contributed by atoms with van der Waals surface area (Å²) in [6.45, 7) is 2.21. The number of amides is 3. The minimum absolute atomic E-state index is 0.0322. The second-order valence-corrected chi connectivity index (χ2v) is 5.38. The van der Waals surface area contributed by atoms with Crippen LogP contribution in [0.15, 0.2) is 30.3 Å². The SMILES string of the molecule is O=C(N[C@@H]1CC(=O)N(c2ccccc2)C1)N1CCCC1. The molecule has 2 aliphatic rings. The number of rotatable bonds is 2. The van der Waals surface area contributed by atoms with Gasteiger partial charge in [0, 0.05) is 31.7 Å². The minimum Gasteiger partial charge on any atom is -0.333 e. The van der Waals surface area contributed by atoms with E-state index >= 15 is 0 Å². The Morgan fingerprint density at radius 2 is 1.85 bits per heavy atom. The summed E-state index contributed by atoms with van der Waals surface area (Å²) in [6.07, 6.45) is 2.54. The smallest absolute Gasteiger partial charge is 0.317 e. The molecule has 2 aliphatic heterocycles. The van der Waals surface area contributed by atoms with Gasteiger partial charge in [0.05, 0.1) is 6.04 Å². The Morgan fingerprint density at radius 3 is 2.55 bits per heavy atom. The normalized spacial score (nSPS) is 22.4. The standard InChI is InChI=1S/C15H19N3O2/c19-14-10-12(16-15(20)17-8-4-5-9-17)11-18(14)13-6-2-1-3-7-13/h1-3,6-7,12H,4-5,8-11H2,(H,16,20)/t12-/m1/s1. The van der Waals surface area contributed by atoms with Crippen LogP contribution < -0.4 is 10.2 Å². The number of hydrogen-bond acceptors (Lipinski definition) is 2. The van der Waals surface area contributed by atoms with Crippen LogP contribution in [0.1, 0.15) is 19.3 Å². The van der Waals surface area contributed by atoms with Crippen molar-refractivity contribution in [1.82, 2.24) is 10.2 Å². The Labute approximate surface area is 118 Å². The molecule has 2 saturated heterocycles. The molecular weight excluding hydrogens is 254 g/mol. The van der Waals surface area contributed by atoms with Crippen LogP contribution in [0, 0.1) is 0 Å². The maximum absolute atomic E-state index is 12.0. The zero-order valence-corrected chi connectivity index (χ0v) is 11.4. The van der Waals surface area contributed by atoms with Gasteiger partial charge in [-0.3, -0.25) is 4.79 Å². The van der Waals surface area contributed by atoms with Crippen LogP contribution in [-0.4, -0.2) is 42.5 Å². The van der Waals surface area contributed by atoms with Gasteiger partial charge in [0.1, 0.15) is 0 Å². The largest absolute Gasteiger partial charge is 0.333 e. The summed E-state index contributed by atoms with van der Waals surface area (Å²) in [5.74, 6) is 0.0721. The molecule has 5 nitrogen and oxygen atoms in total. The third-order valence-electron chi connectivity index (χ3n) is 3.91.